The summed E-state index contributed by atoms with van der Waals surface area (Å²) in [5.74, 6) is 0.310. The number of carbonyl (C=O) groups excluding carboxylic acids is 2. The molecule has 0 aliphatic carbocycles. The monoisotopic (exact) mass is 385 g/mol. The Kier molecular flexibility index (Phi) is 7.31. The summed E-state index contributed by atoms with van der Waals surface area (Å²) in [6, 6.07) is 10.9. The summed E-state index contributed by atoms with van der Waals surface area (Å²) >= 11 is 0. The topological polar surface area (TPSA) is 87.7 Å². The average Bonchev–Trinajstić information content (AvgIpc) is 2.66. The van der Waals surface area contributed by atoms with Gasteiger partial charge >= 0.3 is 12.1 Å². The molecule has 8 heteroatoms. The van der Waals surface area contributed by atoms with Crippen LogP contribution in [-0.4, -0.2) is 52.7 Å². The lowest BCUT2D eigenvalue weighted by molar-refractivity contribution is 0.0301. The summed E-state index contributed by atoms with van der Waals surface area (Å²) in [7, 11) is 1.63. The van der Waals surface area contributed by atoms with Crippen molar-refractivity contribution in [3.8, 4) is 0 Å². The van der Waals surface area contributed by atoms with Gasteiger partial charge < -0.3 is 15.0 Å². The van der Waals surface area contributed by atoms with Gasteiger partial charge in [0, 0.05) is 32.5 Å². The minimum Gasteiger partial charge on any atom is -0.444 e. The van der Waals surface area contributed by atoms with Gasteiger partial charge in [0.25, 0.3) is 0 Å². The van der Waals surface area contributed by atoms with Crippen LogP contribution in [-0.2, 0) is 11.3 Å². The first kappa shape index (κ1) is 21.1. The van der Waals surface area contributed by atoms with Crippen molar-refractivity contribution >= 4 is 18.1 Å². The van der Waals surface area contributed by atoms with Crippen LogP contribution >= 0.6 is 0 Å². The zero-order valence-electron chi connectivity index (χ0n) is 16.8. The van der Waals surface area contributed by atoms with Crippen LogP contribution in [0.25, 0.3) is 0 Å². The highest BCUT2D eigenvalue weighted by molar-refractivity contribution is 5.89. The van der Waals surface area contributed by atoms with Crippen molar-refractivity contribution in [3.63, 3.8) is 0 Å². The normalized spacial score (nSPS) is 10.9. The van der Waals surface area contributed by atoms with Gasteiger partial charge in [0.1, 0.15) is 5.60 Å². The molecule has 0 unspecified atom stereocenters. The molecule has 1 aromatic carbocycles. The van der Waals surface area contributed by atoms with Crippen LogP contribution < -0.4 is 10.2 Å². The zero-order valence-corrected chi connectivity index (χ0v) is 16.8. The van der Waals surface area contributed by atoms with E-state index >= 15 is 0 Å². The van der Waals surface area contributed by atoms with E-state index in [4.69, 9.17) is 4.74 Å². The van der Waals surface area contributed by atoms with E-state index < -0.39 is 11.7 Å². The highest BCUT2D eigenvalue weighted by Gasteiger charge is 2.21. The molecule has 2 rings (SSSR count). The Morgan fingerprint density at radius 1 is 1.07 bits per heavy atom. The molecule has 0 spiro atoms. The maximum Gasteiger partial charge on any atom is 0.410 e. The van der Waals surface area contributed by atoms with E-state index in [2.05, 4.69) is 15.3 Å². The number of amides is 3. The van der Waals surface area contributed by atoms with Gasteiger partial charge in [-0.2, -0.15) is 0 Å². The second kappa shape index (κ2) is 9.68. The third-order valence-electron chi connectivity index (χ3n) is 3.65. The molecule has 0 bridgehead atoms. The van der Waals surface area contributed by atoms with Crippen molar-refractivity contribution in [1.82, 2.24) is 20.2 Å². The number of hydrogen-bond donors (Lipinski definition) is 1. The summed E-state index contributed by atoms with van der Waals surface area (Å²) in [5, 5.41) is 2.81. The van der Waals surface area contributed by atoms with Crippen LogP contribution in [0.2, 0.25) is 0 Å². The molecule has 0 fully saturated rings. The van der Waals surface area contributed by atoms with E-state index in [9.17, 15) is 9.59 Å². The van der Waals surface area contributed by atoms with Crippen LogP contribution in [0.4, 0.5) is 15.5 Å². The first-order chi connectivity index (χ1) is 13.3. The van der Waals surface area contributed by atoms with Crippen molar-refractivity contribution in [2.24, 2.45) is 0 Å². The predicted molar refractivity (Wildman–Crippen MR) is 107 cm³/mol. The van der Waals surface area contributed by atoms with Crippen LogP contribution in [0.3, 0.4) is 0 Å². The Hall–Kier alpha value is -3.16. The maximum atomic E-state index is 12.7. The summed E-state index contributed by atoms with van der Waals surface area (Å²) < 4.78 is 5.30. The molecule has 2 aromatic rings. The van der Waals surface area contributed by atoms with E-state index in [0.29, 0.717) is 19.0 Å². The van der Waals surface area contributed by atoms with E-state index in [1.54, 1.807) is 25.5 Å². The molecular weight excluding hydrogens is 358 g/mol. The minimum absolute atomic E-state index is 0.271. The quantitative estimate of drug-likeness (QED) is 0.826. The number of urea groups is 1. The zero-order chi connectivity index (χ0) is 20.6. The average molecular weight is 385 g/mol. The number of nitrogens with zero attached hydrogens (tertiary/aromatic N) is 4. The van der Waals surface area contributed by atoms with Crippen molar-refractivity contribution in [3.05, 3.63) is 54.4 Å². The lowest BCUT2D eigenvalue weighted by Crippen LogP contribution is -2.44. The SMILES string of the molecule is CN(CCNC(=O)N(Cc1ccccc1)c1ncccn1)C(=O)OC(C)(C)C. The third kappa shape index (κ3) is 6.86. The molecule has 28 heavy (non-hydrogen) atoms. The van der Waals surface area contributed by atoms with Gasteiger partial charge in [-0.1, -0.05) is 30.3 Å². The Labute approximate surface area is 165 Å². The van der Waals surface area contributed by atoms with E-state index in [1.165, 1.54) is 9.80 Å². The fourth-order valence-electron chi connectivity index (χ4n) is 2.29. The summed E-state index contributed by atoms with van der Waals surface area (Å²) in [6.45, 7) is 6.34. The largest absolute Gasteiger partial charge is 0.444 e. The van der Waals surface area contributed by atoms with Crippen LogP contribution in [0.5, 0.6) is 0 Å². The van der Waals surface area contributed by atoms with Gasteiger partial charge in [0.05, 0.1) is 6.54 Å². The molecular formula is C20H27N5O3. The minimum atomic E-state index is -0.564. The van der Waals surface area contributed by atoms with Crippen LogP contribution in [0, 0.1) is 0 Å². The number of benzene rings is 1. The van der Waals surface area contributed by atoms with Gasteiger partial charge in [-0.25, -0.2) is 19.6 Å². The highest BCUT2D eigenvalue weighted by Crippen LogP contribution is 2.12. The first-order valence-electron chi connectivity index (χ1n) is 9.07. The number of anilines is 1. The maximum absolute atomic E-state index is 12.7. The second-order valence-electron chi connectivity index (χ2n) is 7.25. The predicted octanol–water partition coefficient (Wildman–Crippen LogP) is 3.06. The van der Waals surface area contributed by atoms with Crippen molar-refractivity contribution < 1.29 is 14.3 Å². The Morgan fingerprint density at radius 2 is 1.71 bits per heavy atom. The number of aromatic nitrogens is 2. The summed E-state index contributed by atoms with van der Waals surface area (Å²) in [4.78, 5) is 36.0. The van der Waals surface area contributed by atoms with Crippen molar-refractivity contribution in [2.45, 2.75) is 32.9 Å². The number of carbonyl (C=O) groups is 2. The van der Waals surface area contributed by atoms with Gasteiger partial charge in [-0.05, 0) is 32.4 Å². The molecule has 1 aromatic heterocycles. The highest BCUT2D eigenvalue weighted by atomic mass is 16.6. The van der Waals surface area contributed by atoms with Crippen molar-refractivity contribution in [2.75, 3.05) is 25.0 Å². The van der Waals surface area contributed by atoms with Gasteiger partial charge in [0.15, 0.2) is 0 Å². The second-order valence-corrected chi connectivity index (χ2v) is 7.25. The Bertz CT molecular complexity index is 762. The van der Waals surface area contributed by atoms with Crippen LogP contribution in [0.1, 0.15) is 26.3 Å². The molecule has 0 saturated heterocycles. The number of likely N-dealkylation sites (N-methyl/N-ethyl adjacent to an activating group) is 1. The van der Waals surface area contributed by atoms with Crippen LogP contribution in [0.15, 0.2) is 48.8 Å². The molecule has 0 atom stereocenters. The number of ether oxygens (including phenoxy) is 1. The van der Waals surface area contributed by atoms with Crippen molar-refractivity contribution in [1.29, 1.82) is 0 Å². The van der Waals surface area contributed by atoms with E-state index in [-0.39, 0.29) is 12.6 Å². The summed E-state index contributed by atoms with van der Waals surface area (Å²) in [6.07, 6.45) is 2.74. The Morgan fingerprint density at radius 3 is 2.32 bits per heavy atom. The number of nitrogens with one attached hydrogen (secondary N) is 1. The lowest BCUT2D eigenvalue weighted by atomic mass is 10.2. The summed E-state index contributed by atoms with van der Waals surface area (Å²) in [5.41, 5.74) is 0.391. The molecule has 0 saturated carbocycles. The standard InChI is InChI=1S/C20H27N5O3/c1-20(2,3)28-19(27)24(4)14-13-23-18(26)25(17-21-11-8-12-22-17)15-16-9-6-5-7-10-16/h5-12H,13-15H2,1-4H3,(H,23,26). The van der Waals surface area contributed by atoms with E-state index in [1.807, 2.05) is 51.1 Å². The molecule has 3 amide bonds. The first-order valence-corrected chi connectivity index (χ1v) is 9.07. The molecule has 1 heterocycles. The molecule has 0 aliphatic heterocycles. The van der Waals surface area contributed by atoms with Gasteiger partial charge in [-0.3, -0.25) is 4.90 Å². The fourth-order valence-corrected chi connectivity index (χ4v) is 2.29. The fraction of sp³-hybridized carbons (Fsp3) is 0.400. The smallest absolute Gasteiger partial charge is 0.410 e. The molecule has 1 N–H and O–H groups in total. The number of rotatable bonds is 6. The molecule has 0 aliphatic rings. The van der Waals surface area contributed by atoms with Gasteiger partial charge in [-0.15, -0.1) is 0 Å². The molecule has 0 radical (unpaired) electrons. The van der Waals surface area contributed by atoms with Gasteiger partial charge in [0.2, 0.25) is 5.95 Å². The third-order valence-corrected chi connectivity index (χ3v) is 3.65. The molecule has 8 nitrogen and oxygen atoms in total. The lowest BCUT2D eigenvalue weighted by Gasteiger charge is -2.25. The van der Waals surface area contributed by atoms with E-state index in [0.717, 1.165) is 5.56 Å². The Balaban J connectivity index is 1.96. The molecule has 150 valence electrons. The number of hydrogen-bond acceptors (Lipinski definition) is 5.